The maximum absolute atomic E-state index is 5.75. The van der Waals surface area contributed by atoms with Gasteiger partial charge < -0.3 is 14.8 Å². The van der Waals surface area contributed by atoms with E-state index in [1.54, 1.807) is 7.11 Å². The molecule has 1 aromatic carbocycles. The second kappa shape index (κ2) is 6.80. The van der Waals surface area contributed by atoms with Gasteiger partial charge >= 0.3 is 0 Å². The Morgan fingerprint density at radius 3 is 2.68 bits per heavy atom. The Labute approximate surface area is 116 Å². The molecule has 1 aliphatic carbocycles. The van der Waals surface area contributed by atoms with Crippen LogP contribution in [0.2, 0.25) is 0 Å². The Hall–Kier alpha value is -1.22. The van der Waals surface area contributed by atoms with E-state index in [-0.39, 0.29) is 0 Å². The van der Waals surface area contributed by atoms with Crippen molar-refractivity contribution in [2.45, 2.75) is 33.2 Å². The van der Waals surface area contributed by atoms with Crippen molar-refractivity contribution in [3.8, 4) is 11.5 Å². The van der Waals surface area contributed by atoms with Gasteiger partial charge in [0.2, 0.25) is 0 Å². The fraction of sp³-hybridized carbons (Fsp3) is 0.625. The molecule has 0 unspecified atom stereocenters. The van der Waals surface area contributed by atoms with Crippen LogP contribution in [0, 0.1) is 11.8 Å². The monoisotopic (exact) mass is 263 g/mol. The summed E-state index contributed by atoms with van der Waals surface area (Å²) < 4.78 is 11.2. The summed E-state index contributed by atoms with van der Waals surface area (Å²) in [7, 11) is 1.69. The fourth-order valence-corrected chi connectivity index (χ4v) is 1.94. The van der Waals surface area contributed by atoms with Crippen LogP contribution >= 0.6 is 0 Å². The normalized spacial score (nSPS) is 14.7. The summed E-state index contributed by atoms with van der Waals surface area (Å²) >= 11 is 0. The minimum Gasteiger partial charge on any atom is -0.493 e. The van der Waals surface area contributed by atoms with Crippen molar-refractivity contribution >= 4 is 0 Å². The molecule has 1 aromatic rings. The zero-order valence-electron chi connectivity index (χ0n) is 12.2. The van der Waals surface area contributed by atoms with Crippen LogP contribution in [-0.2, 0) is 6.54 Å². The van der Waals surface area contributed by atoms with E-state index in [9.17, 15) is 0 Å². The van der Waals surface area contributed by atoms with Gasteiger partial charge in [-0.15, -0.1) is 0 Å². The molecule has 0 aromatic heterocycles. The Morgan fingerprint density at radius 2 is 2.05 bits per heavy atom. The van der Waals surface area contributed by atoms with E-state index in [0.717, 1.165) is 37.1 Å². The van der Waals surface area contributed by atoms with E-state index < -0.39 is 0 Å². The number of ether oxygens (including phenoxy) is 2. The molecule has 106 valence electrons. The third kappa shape index (κ3) is 4.75. The second-order valence-corrected chi connectivity index (χ2v) is 5.76. The number of hydrogen-bond acceptors (Lipinski definition) is 3. The molecule has 1 aliphatic rings. The summed E-state index contributed by atoms with van der Waals surface area (Å²) in [6, 6.07) is 6.18. The quantitative estimate of drug-likeness (QED) is 0.781. The van der Waals surface area contributed by atoms with E-state index in [1.807, 2.05) is 6.07 Å². The third-order valence-corrected chi connectivity index (χ3v) is 3.26. The highest BCUT2D eigenvalue weighted by atomic mass is 16.5. The SMILES string of the molecule is COc1cc(CNCC2CC2)ccc1OCC(C)C. The number of rotatable bonds is 8. The molecule has 0 bridgehead atoms. The molecule has 0 aliphatic heterocycles. The first-order valence-corrected chi connectivity index (χ1v) is 7.19. The molecule has 3 heteroatoms. The van der Waals surface area contributed by atoms with Crippen molar-refractivity contribution < 1.29 is 9.47 Å². The van der Waals surface area contributed by atoms with E-state index in [0.29, 0.717) is 5.92 Å². The first kappa shape index (κ1) is 14.2. The lowest BCUT2D eigenvalue weighted by Gasteiger charge is -2.14. The smallest absolute Gasteiger partial charge is 0.161 e. The predicted octanol–water partition coefficient (Wildman–Crippen LogP) is 3.23. The molecular weight excluding hydrogens is 238 g/mol. The van der Waals surface area contributed by atoms with E-state index in [2.05, 4.69) is 31.3 Å². The molecule has 3 nitrogen and oxygen atoms in total. The van der Waals surface area contributed by atoms with Gasteiger partial charge in [0.15, 0.2) is 11.5 Å². The first-order valence-electron chi connectivity index (χ1n) is 7.19. The van der Waals surface area contributed by atoms with Gasteiger partial charge in [-0.1, -0.05) is 19.9 Å². The van der Waals surface area contributed by atoms with Crippen molar-refractivity contribution in [1.82, 2.24) is 5.32 Å². The average Bonchev–Trinajstić information content (AvgIpc) is 3.21. The molecule has 0 spiro atoms. The molecule has 1 saturated carbocycles. The highest BCUT2D eigenvalue weighted by Gasteiger charge is 2.20. The van der Waals surface area contributed by atoms with Crippen LogP contribution in [0.15, 0.2) is 18.2 Å². The molecule has 0 heterocycles. The van der Waals surface area contributed by atoms with Crippen LogP contribution in [-0.4, -0.2) is 20.3 Å². The van der Waals surface area contributed by atoms with Gasteiger partial charge in [0.25, 0.3) is 0 Å². The van der Waals surface area contributed by atoms with Crippen LogP contribution in [0.3, 0.4) is 0 Å². The first-order chi connectivity index (χ1) is 9.19. The van der Waals surface area contributed by atoms with Crippen molar-refractivity contribution in [2.75, 3.05) is 20.3 Å². The summed E-state index contributed by atoms with van der Waals surface area (Å²) in [6.45, 7) is 7.03. The zero-order chi connectivity index (χ0) is 13.7. The highest BCUT2D eigenvalue weighted by molar-refractivity contribution is 5.42. The molecule has 19 heavy (non-hydrogen) atoms. The zero-order valence-corrected chi connectivity index (χ0v) is 12.2. The predicted molar refractivity (Wildman–Crippen MR) is 77.8 cm³/mol. The molecule has 0 atom stereocenters. The maximum atomic E-state index is 5.75. The standard InChI is InChI=1S/C16H25NO2/c1-12(2)11-19-15-7-6-14(8-16(15)18-3)10-17-9-13-4-5-13/h6-8,12-13,17H,4-5,9-11H2,1-3H3. The Morgan fingerprint density at radius 1 is 1.26 bits per heavy atom. The molecule has 1 N–H and O–H groups in total. The van der Waals surface area contributed by atoms with E-state index >= 15 is 0 Å². The molecule has 2 rings (SSSR count). The summed E-state index contributed by atoms with van der Waals surface area (Å²) in [5.41, 5.74) is 1.24. The van der Waals surface area contributed by atoms with Gasteiger partial charge in [0, 0.05) is 6.54 Å². The lowest BCUT2D eigenvalue weighted by Crippen LogP contribution is -2.16. The number of nitrogens with one attached hydrogen (secondary N) is 1. The highest BCUT2D eigenvalue weighted by Crippen LogP contribution is 2.29. The number of methoxy groups -OCH3 is 1. The van der Waals surface area contributed by atoms with Crippen molar-refractivity contribution in [3.05, 3.63) is 23.8 Å². The van der Waals surface area contributed by atoms with Gasteiger partial charge in [-0.2, -0.15) is 0 Å². The molecular formula is C16H25NO2. The molecule has 1 fully saturated rings. The van der Waals surface area contributed by atoms with Crippen molar-refractivity contribution in [2.24, 2.45) is 11.8 Å². The van der Waals surface area contributed by atoms with Gasteiger partial charge in [-0.05, 0) is 48.9 Å². The van der Waals surface area contributed by atoms with Crippen LogP contribution in [0.25, 0.3) is 0 Å². The fourth-order valence-electron chi connectivity index (χ4n) is 1.94. The van der Waals surface area contributed by atoms with Gasteiger partial charge in [-0.3, -0.25) is 0 Å². The lowest BCUT2D eigenvalue weighted by atomic mass is 10.2. The molecule has 0 amide bonds. The minimum atomic E-state index is 0.518. The van der Waals surface area contributed by atoms with Crippen molar-refractivity contribution in [1.29, 1.82) is 0 Å². The summed E-state index contributed by atoms with van der Waals surface area (Å²) in [5.74, 6) is 3.09. The Bertz CT molecular complexity index is 400. The van der Waals surface area contributed by atoms with Gasteiger partial charge in [0.05, 0.1) is 13.7 Å². The third-order valence-electron chi connectivity index (χ3n) is 3.26. The molecule has 0 saturated heterocycles. The van der Waals surface area contributed by atoms with Gasteiger partial charge in [0.1, 0.15) is 0 Å². The lowest BCUT2D eigenvalue weighted by molar-refractivity contribution is 0.256. The van der Waals surface area contributed by atoms with E-state index in [1.165, 1.54) is 18.4 Å². The second-order valence-electron chi connectivity index (χ2n) is 5.76. The largest absolute Gasteiger partial charge is 0.493 e. The number of benzene rings is 1. The maximum Gasteiger partial charge on any atom is 0.161 e. The Kier molecular flexibility index (Phi) is 5.08. The average molecular weight is 263 g/mol. The van der Waals surface area contributed by atoms with Crippen LogP contribution in [0.4, 0.5) is 0 Å². The Balaban J connectivity index is 1.89. The topological polar surface area (TPSA) is 30.5 Å². The summed E-state index contributed by atoms with van der Waals surface area (Å²) in [5, 5.41) is 3.49. The summed E-state index contributed by atoms with van der Waals surface area (Å²) in [6.07, 6.45) is 2.77. The van der Waals surface area contributed by atoms with Crippen molar-refractivity contribution in [3.63, 3.8) is 0 Å². The van der Waals surface area contributed by atoms with E-state index in [4.69, 9.17) is 9.47 Å². The van der Waals surface area contributed by atoms with Crippen LogP contribution in [0.1, 0.15) is 32.3 Å². The molecule has 0 radical (unpaired) electrons. The van der Waals surface area contributed by atoms with Crippen LogP contribution < -0.4 is 14.8 Å². The van der Waals surface area contributed by atoms with Crippen LogP contribution in [0.5, 0.6) is 11.5 Å². The summed E-state index contributed by atoms with van der Waals surface area (Å²) in [4.78, 5) is 0. The van der Waals surface area contributed by atoms with Gasteiger partial charge in [-0.25, -0.2) is 0 Å². The number of hydrogen-bond donors (Lipinski definition) is 1. The minimum absolute atomic E-state index is 0.518.